The van der Waals surface area contributed by atoms with E-state index >= 15 is 0 Å². The van der Waals surface area contributed by atoms with Crippen LogP contribution in [0.1, 0.15) is 5.56 Å². The summed E-state index contributed by atoms with van der Waals surface area (Å²) in [5, 5.41) is 0.235. The van der Waals surface area contributed by atoms with Gasteiger partial charge in [0.15, 0.2) is 0 Å². The number of halogens is 2. The Kier molecular flexibility index (Phi) is 7.14. The average molecular weight is 429 g/mol. The van der Waals surface area contributed by atoms with Crippen molar-refractivity contribution in [2.45, 2.75) is 10.8 Å². The lowest BCUT2D eigenvalue weighted by Crippen LogP contribution is -2.38. The number of benzene rings is 1. The Bertz CT molecular complexity index is 536. The van der Waals surface area contributed by atoms with Crippen LogP contribution in [-0.4, -0.2) is 41.8 Å². The first kappa shape index (κ1) is 17.6. The third kappa shape index (κ3) is 5.16. The lowest BCUT2D eigenvalue weighted by molar-refractivity contribution is -0.144. The first-order chi connectivity index (χ1) is 9.37. The standard InChI is InChI=1S/C12H15Br2NO4S/c1-15(20(17,18)11(14)7-13)8-12(16)19-9-10-5-3-2-4-6-10/h2-6,11H,7-9H2,1H3. The molecular formula is C12H15Br2NO4S. The number of hydrogen-bond donors (Lipinski definition) is 0. The van der Waals surface area contributed by atoms with Crippen LogP contribution in [0.15, 0.2) is 30.3 Å². The molecule has 0 spiro atoms. The molecule has 1 unspecified atom stereocenters. The molecule has 0 N–H and O–H groups in total. The van der Waals surface area contributed by atoms with Crippen LogP contribution in [-0.2, 0) is 26.2 Å². The number of carbonyl (C=O) groups is 1. The van der Waals surface area contributed by atoms with Crippen LogP contribution in [0, 0.1) is 0 Å². The normalized spacial score (nSPS) is 13.2. The van der Waals surface area contributed by atoms with Crippen LogP contribution >= 0.6 is 31.9 Å². The summed E-state index contributed by atoms with van der Waals surface area (Å²) in [7, 11) is -2.22. The van der Waals surface area contributed by atoms with Gasteiger partial charge in [-0.3, -0.25) is 4.79 Å². The zero-order chi connectivity index (χ0) is 15.2. The predicted molar refractivity (Wildman–Crippen MR) is 84.3 cm³/mol. The van der Waals surface area contributed by atoms with E-state index in [9.17, 15) is 13.2 Å². The van der Waals surface area contributed by atoms with Gasteiger partial charge in [0.1, 0.15) is 17.3 Å². The molecule has 8 heteroatoms. The fourth-order valence-electron chi connectivity index (χ4n) is 1.33. The molecule has 0 fully saturated rings. The van der Waals surface area contributed by atoms with E-state index in [2.05, 4.69) is 31.9 Å². The molecule has 0 aliphatic heterocycles. The molecule has 1 rings (SSSR count). The van der Waals surface area contributed by atoms with Gasteiger partial charge in [-0.25, -0.2) is 8.42 Å². The zero-order valence-electron chi connectivity index (χ0n) is 10.8. The molecule has 20 heavy (non-hydrogen) atoms. The van der Waals surface area contributed by atoms with Gasteiger partial charge < -0.3 is 4.74 Å². The molecule has 112 valence electrons. The number of hydrogen-bond acceptors (Lipinski definition) is 4. The van der Waals surface area contributed by atoms with Gasteiger partial charge in [-0.15, -0.1) is 0 Å². The molecule has 0 radical (unpaired) electrons. The molecule has 0 saturated carbocycles. The van der Waals surface area contributed by atoms with Crippen molar-refractivity contribution in [3.05, 3.63) is 35.9 Å². The molecule has 1 aromatic rings. The maximum Gasteiger partial charge on any atom is 0.321 e. The van der Waals surface area contributed by atoms with Gasteiger partial charge >= 0.3 is 5.97 Å². The zero-order valence-corrected chi connectivity index (χ0v) is 14.8. The van der Waals surface area contributed by atoms with E-state index in [0.29, 0.717) is 0 Å². The molecule has 1 atom stereocenters. The van der Waals surface area contributed by atoms with E-state index < -0.39 is 20.2 Å². The quantitative estimate of drug-likeness (QED) is 0.492. The minimum atomic E-state index is -3.56. The molecule has 0 aromatic heterocycles. The first-order valence-corrected chi connectivity index (χ1v) is 9.26. The minimum absolute atomic E-state index is 0.129. The van der Waals surface area contributed by atoms with Crippen LogP contribution in [0.25, 0.3) is 0 Å². The summed E-state index contributed by atoms with van der Waals surface area (Å²) in [6.07, 6.45) is 0. The van der Waals surface area contributed by atoms with Crippen molar-refractivity contribution in [3.63, 3.8) is 0 Å². The molecule has 0 saturated heterocycles. The van der Waals surface area contributed by atoms with E-state index in [1.807, 2.05) is 30.3 Å². The van der Waals surface area contributed by atoms with Crippen molar-refractivity contribution in [1.29, 1.82) is 0 Å². The van der Waals surface area contributed by atoms with E-state index in [1.165, 1.54) is 7.05 Å². The highest BCUT2D eigenvalue weighted by atomic mass is 79.9. The van der Waals surface area contributed by atoms with Crippen molar-refractivity contribution in [2.75, 3.05) is 18.9 Å². The highest BCUT2D eigenvalue weighted by Gasteiger charge is 2.28. The molecule has 1 aromatic carbocycles. The Morgan fingerprint density at radius 3 is 2.50 bits per heavy atom. The Balaban J connectivity index is 2.50. The Hall–Kier alpha value is -0.440. The number of nitrogens with zero attached hydrogens (tertiary/aromatic N) is 1. The second kappa shape index (κ2) is 8.11. The molecule has 0 heterocycles. The summed E-state index contributed by atoms with van der Waals surface area (Å²) >= 11 is 6.11. The SMILES string of the molecule is CN(CC(=O)OCc1ccccc1)S(=O)(=O)C(Br)CBr. The van der Waals surface area contributed by atoms with Crippen LogP contribution in [0.2, 0.25) is 0 Å². The van der Waals surface area contributed by atoms with Crippen LogP contribution in [0.4, 0.5) is 0 Å². The van der Waals surface area contributed by atoms with Gasteiger partial charge in [-0.2, -0.15) is 4.31 Å². The van der Waals surface area contributed by atoms with E-state index in [1.54, 1.807) is 0 Å². The number of carbonyl (C=O) groups excluding carboxylic acids is 1. The third-order valence-electron chi connectivity index (χ3n) is 2.47. The highest BCUT2D eigenvalue weighted by Crippen LogP contribution is 2.15. The van der Waals surface area contributed by atoms with Crippen LogP contribution in [0.5, 0.6) is 0 Å². The summed E-state index contributed by atoms with van der Waals surface area (Å²) in [5.74, 6) is -0.589. The van der Waals surface area contributed by atoms with Crippen molar-refractivity contribution in [3.8, 4) is 0 Å². The lowest BCUT2D eigenvalue weighted by Gasteiger charge is -2.18. The van der Waals surface area contributed by atoms with Gasteiger partial charge in [0, 0.05) is 12.4 Å². The van der Waals surface area contributed by atoms with Crippen molar-refractivity contribution < 1.29 is 17.9 Å². The fourth-order valence-corrected chi connectivity index (χ4v) is 4.02. The number of alkyl halides is 2. The van der Waals surface area contributed by atoms with Gasteiger partial charge in [-0.05, 0) is 5.56 Å². The van der Waals surface area contributed by atoms with Crippen LogP contribution < -0.4 is 0 Å². The lowest BCUT2D eigenvalue weighted by atomic mass is 10.2. The summed E-state index contributed by atoms with van der Waals surface area (Å²) in [5.41, 5.74) is 0.852. The Labute approximate surface area is 135 Å². The molecular weight excluding hydrogens is 414 g/mol. The van der Waals surface area contributed by atoms with Crippen molar-refractivity contribution in [2.24, 2.45) is 0 Å². The number of rotatable bonds is 7. The molecule has 0 bridgehead atoms. The molecule has 5 nitrogen and oxygen atoms in total. The second-order valence-corrected chi connectivity index (χ2v) is 8.59. The number of esters is 1. The summed E-state index contributed by atoms with van der Waals surface area (Å²) < 4.78 is 29.1. The van der Waals surface area contributed by atoms with Gasteiger partial charge in [0.05, 0.1) is 0 Å². The predicted octanol–water partition coefficient (Wildman–Crippen LogP) is 2.11. The van der Waals surface area contributed by atoms with E-state index in [-0.39, 0.29) is 18.5 Å². The molecule has 0 aliphatic carbocycles. The van der Waals surface area contributed by atoms with Crippen LogP contribution in [0.3, 0.4) is 0 Å². The Morgan fingerprint density at radius 2 is 1.95 bits per heavy atom. The summed E-state index contributed by atoms with van der Waals surface area (Å²) in [6, 6.07) is 9.19. The first-order valence-electron chi connectivity index (χ1n) is 5.72. The molecule has 0 amide bonds. The average Bonchev–Trinajstić information content (AvgIpc) is 2.45. The summed E-state index contributed by atoms with van der Waals surface area (Å²) in [6.45, 7) is -0.186. The monoisotopic (exact) mass is 427 g/mol. The van der Waals surface area contributed by atoms with Crippen molar-refractivity contribution in [1.82, 2.24) is 4.31 Å². The fraction of sp³-hybridized carbons (Fsp3) is 0.417. The van der Waals surface area contributed by atoms with E-state index in [4.69, 9.17) is 4.74 Å². The summed E-state index contributed by atoms with van der Waals surface area (Å²) in [4.78, 5) is 11.6. The molecule has 0 aliphatic rings. The highest BCUT2D eigenvalue weighted by molar-refractivity contribution is 9.13. The van der Waals surface area contributed by atoms with Gasteiger partial charge in [0.2, 0.25) is 10.0 Å². The number of likely N-dealkylation sites (N-methyl/N-ethyl adjacent to an activating group) is 1. The topological polar surface area (TPSA) is 63.7 Å². The number of ether oxygens (including phenoxy) is 1. The van der Waals surface area contributed by atoms with Crippen molar-refractivity contribution >= 4 is 47.9 Å². The maximum atomic E-state index is 11.9. The smallest absolute Gasteiger partial charge is 0.321 e. The van der Waals surface area contributed by atoms with Gasteiger partial charge in [-0.1, -0.05) is 62.2 Å². The second-order valence-electron chi connectivity index (χ2n) is 4.01. The Morgan fingerprint density at radius 1 is 1.35 bits per heavy atom. The van der Waals surface area contributed by atoms with E-state index in [0.717, 1.165) is 9.87 Å². The largest absolute Gasteiger partial charge is 0.460 e. The minimum Gasteiger partial charge on any atom is -0.460 e. The number of sulfonamides is 1. The van der Waals surface area contributed by atoms with Gasteiger partial charge in [0.25, 0.3) is 0 Å². The maximum absolute atomic E-state index is 11.9. The third-order valence-corrected chi connectivity index (χ3v) is 7.97.